The van der Waals surface area contributed by atoms with Gasteiger partial charge in [0.25, 0.3) is 6.33 Å². The Morgan fingerprint density at radius 3 is 3.00 bits per heavy atom. The van der Waals surface area contributed by atoms with Crippen molar-refractivity contribution in [2.24, 2.45) is 0 Å². The molecule has 0 aromatic carbocycles. The maximum absolute atomic E-state index is 9.78. The van der Waals surface area contributed by atoms with E-state index in [1.807, 2.05) is 0 Å². The van der Waals surface area contributed by atoms with Crippen molar-refractivity contribution < 1.29 is 4.92 Å². The molecule has 1 N–H and O–H groups in total. The zero-order valence-electron chi connectivity index (χ0n) is 3.79. The SMILES string of the molecule is O=[N+]([O-])c1cn[c][nH]1. The molecule has 5 heteroatoms. The minimum absolute atomic E-state index is 0.134. The molecule has 1 rings (SSSR count). The Kier molecular flexibility index (Phi) is 0.957. The standard InChI is InChI=1S/C3H2N3O2/c7-6(8)3-1-4-2-5-3/h1H,(H,4,5). The van der Waals surface area contributed by atoms with Gasteiger partial charge >= 0.3 is 5.82 Å². The van der Waals surface area contributed by atoms with Crippen LogP contribution in [0.15, 0.2) is 6.20 Å². The van der Waals surface area contributed by atoms with Gasteiger partial charge in [0.15, 0.2) is 0 Å². The van der Waals surface area contributed by atoms with Gasteiger partial charge in [-0.2, -0.15) is 0 Å². The highest BCUT2D eigenvalue weighted by Gasteiger charge is 2.00. The van der Waals surface area contributed by atoms with E-state index in [9.17, 15) is 10.1 Å². The monoisotopic (exact) mass is 112 g/mol. The summed E-state index contributed by atoms with van der Waals surface area (Å²) in [5.74, 6) is -0.134. The smallest absolute Gasteiger partial charge is 0.341 e. The first-order chi connectivity index (χ1) is 3.80. The van der Waals surface area contributed by atoms with Gasteiger partial charge in [0, 0.05) is 0 Å². The van der Waals surface area contributed by atoms with Crippen molar-refractivity contribution >= 4 is 5.82 Å². The first-order valence-corrected chi connectivity index (χ1v) is 1.86. The van der Waals surface area contributed by atoms with E-state index in [1.165, 1.54) is 0 Å². The van der Waals surface area contributed by atoms with Gasteiger partial charge in [0.05, 0.1) is 0 Å². The molecule has 8 heavy (non-hydrogen) atoms. The lowest BCUT2D eigenvalue weighted by molar-refractivity contribution is -0.389. The first kappa shape index (κ1) is 4.76. The highest BCUT2D eigenvalue weighted by molar-refractivity contribution is 5.09. The van der Waals surface area contributed by atoms with E-state index in [0.29, 0.717) is 0 Å². The summed E-state index contributed by atoms with van der Waals surface area (Å²) in [6, 6.07) is 0. The second kappa shape index (κ2) is 1.61. The highest BCUT2D eigenvalue weighted by atomic mass is 16.6. The van der Waals surface area contributed by atoms with Crippen LogP contribution in [-0.2, 0) is 0 Å². The predicted octanol–water partition coefficient (Wildman–Crippen LogP) is 0.118. The third-order valence-corrected chi connectivity index (χ3v) is 0.632. The molecule has 0 bridgehead atoms. The van der Waals surface area contributed by atoms with Gasteiger partial charge in [-0.25, -0.2) is 9.97 Å². The summed E-state index contributed by atoms with van der Waals surface area (Å²) in [6.45, 7) is 0. The van der Waals surface area contributed by atoms with Crippen LogP contribution in [0.5, 0.6) is 0 Å². The third kappa shape index (κ3) is 0.651. The average molecular weight is 112 g/mol. The fraction of sp³-hybridized carbons (Fsp3) is 0. The normalized spacial score (nSPS) is 9.00. The average Bonchev–Trinajstić information content (AvgIpc) is 2.12. The molecule has 0 aliphatic carbocycles. The largest absolute Gasteiger partial charge is 0.358 e. The van der Waals surface area contributed by atoms with Crippen LogP contribution in [-0.4, -0.2) is 14.9 Å². The first-order valence-electron chi connectivity index (χ1n) is 1.86. The molecular formula is C3H2N3O2. The van der Waals surface area contributed by atoms with E-state index in [2.05, 4.69) is 16.3 Å². The van der Waals surface area contributed by atoms with Gasteiger partial charge in [-0.15, -0.1) is 0 Å². The molecule has 41 valence electrons. The molecule has 0 fully saturated rings. The van der Waals surface area contributed by atoms with E-state index >= 15 is 0 Å². The lowest BCUT2D eigenvalue weighted by Crippen LogP contribution is -1.85. The molecule has 0 amide bonds. The zero-order valence-corrected chi connectivity index (χ0v) is 3.79. The molecule has 0 saturated carbocycles. The van der Waals surface area contributed by atoms with Crippen molar-refractivity contribution in [1.82, 2.24) is 9.97 Å². The Hall–Kier alpha value is -1.39. The predicted molar refractivity (Wildman–Crippen MR) is 24.1 cm³/mol. The summed E-state index contributed by atoms with van der Waals surface area (Å²) in [6.07, 6.45) is 3.29. The fourth-order valence-corrected chi connectivity index (χ4v) is 0.308. The molecule has 1 heterocycles. The summed E-state index contributed by atoms with van der Waals surface area (Å²) < 4.78 is 0. The number of aromatic amines is 1. The van der Waals surface area contributed by atoms with Crippen LogP contribution >= 0.6 is 0 Å². The van der Waals surface area contributed by atoms with Crippen molar-refractivity contribution in [3.63, 3.8) is 0 Å². The van der Waals surface area contributed by atoms with Crippen molar-refractivity contribution in [3.8, 4) is 0 Å². The Labute approximate surface area is 44.5 Å². The Bertz CT molecular complexity index is 180. The van der Waals surface area contributed by atoms with Gasteiger partial charge in [0.2, 0.25) is 0 Å². The summed E-state index contributed by atoms with van der Waals surface area (Å²) in [5.41, 5.74) is 0. The number of rotatable bonds is 1. The molecule has 1 aromatic rings. The molecule has 0 unspecified atom stereocenters. The van der Waals surface area contributed by atoms with Crippen LogP contribution in [0.25, 0.3) is 0 Å². The number of nitrogens with zero attached hydrogens (tertiary/aromatic N) is 2. The fourth-order valence-electron chi connectivity index (χ4n) is 0.308. The topological polar surface area (TPSA) is 71.8 Å². The van der Waals surface area contributed by atoms with Crippen molar-refractivity contribution in [2.75, 3.05) is 0 Å². The lowest BCUT2D eigenvalue weighted by atomic mass is 10.8. The summed E-state index contributed by atoms with van der Waals surface area (Å²) in [5, 5.41) is 9.78. The van der Waals surface area contributed by atoms with Crippen LogP contribution in [0.1, 0.15) is 0 Å². The second-order valence-corrected chi connectivity index (χ2v) is 1.14. The van der Waals surface area contributed by atoms with E-state index < -0.39 is 4.92 Å². The minimum atomic E-state index is -0.566. The number of hydrogen-bond donors (Lipinski definition) is 1. The van der Waals surface area contributed by atoms with Gasteiger partial charge in [-0.05, 0) is 4.92 Å². The number of aromatic nitrogens is 2. The number of nitrogens with one attached hydrogen (secondary N) is 1. The van der Waals surface area contributed by atoms with E-state index in [1.54, 1.807) is 0 Å². The van der Waals surface area contributed by atoms with Gasteiger partial charge in [0.1, 0.15) is 6.20 Å². The lowest BCUT2D eigenvalue weighted by Gasteiger charge is -1.82. The van der Waals surface area contributed by atoms with Crippen LogP contribution < -0.4 is 0 Å². The molecule has 0 aliphatic heterocycles. The highest BCUT2D eigenvalue weighted by Crippen LogP contribution is 1.99. The zero-order chi connectivity index (χ0) is 5.98. The van der Waals surface area contributed by atoms with Gasteiger partial charge in [-0.3, -0.25) is 0 Å². The van der Waals surface area contributed by atoms with Crippen molar-refractivity contribution in [2.45, 2.75) is 0 Å². The maximum atomic E-state index is 9.78. The van der Waals surface area contributed by atoms with Crippen LogP contribution in [0.3, 0.4) is 0 Å². The number of nitro groups is 1. The van der Waals surface area contributed by atoms with Crippen LogP contribution in [0, 0.1) is 16.4 Å². The molecule has 1 radical (unpaired) electrons. The third-order valence-electron chi connectivity index (χ3n) is 0.632. The van der Waals surface area contributed by atoms with Crippen molar-refractivity contribution in [3.05, 3.63) is 22.6 Å². The summed E-state index contributed by atoms with van der Waals surface area (Å²) in [7, 11) is 0. The number of hydrogen-bond acceptors (Lipinski definition) is 3. The Morgan fingerprint density at radius 2 is 2.75 bits per heavy atom. The van der Waals surface area contributed by atoms with E-state index in [4.69, 9.17) is 0 Å². The molecule has 5 nitrogen and oxygen atoms in total. The molecule has 1 aromatic heterocycles. The van der Waals surface area contributed by atoms with Gasteiger partial charge < -0.3 is 10.1 Å². The van der Waals surface area contributed by atoms with Crippen LogP contribution in [0.2, 0.25) is 0 Å². The van der Waals surface area contributed by atoms with E-state index in [0.717, 1.165) is 6.20 Å². The maximum Gasteiger partial charge on any atom is 0.341 e. The number of imidazole rings is 1. The minimum Gasteiger partial charge on any atom is -0.358 e. The molecule has 0 atom stereocenters. The Balaban J connectivity index is 2.93. The molecule has 0 spiro atoms. The quantitative estimate of drug-likeness (QED) is 0.414. The molecule has 0 saturated heterocycles. The summed E-state index contributed by atoms with van der Waals surface area (Å²) in [4.78, 5) is 14.7. The van der Waals surface area contributed by atoms with E-state index in [-0.39, 0.29) is 5.82 Å². The van der Waals surface area contributed by atoms with Gasteiger partial charge in [-0.1, -0.05) is 0 Å². The summed E-state index contributed by atoms with van der Waals surface area (Å²) >= 11 is 0. The number of H-pyrrole nitrogens is 1. The Morgan fingerprint density at radius 1 is 2.00 bits per heavy atom. The molecule has 0 aliphatic rings. The van der Waals surface area contributed by atoms with Crippen LogP contribution in [0.4, 0.5) is 5.82 Å². The van der Waals surface area contributed by atoms with Crippen molar-refractivity contribution in [1.29, 1.82) is 0 Å². The second-order valence-electron chi connectivity index (χ2n) is 1.14. The molecular weight excluding hydrogens is 110 g/mol.